The molecule has 0 bridgehead atoms. The van der Waals surface area contributed by atoms with Gasteiger partial charge in [-0.15, -0.1) is 0 Å². The maximum atomic E-state index is 10.9. The molecule has 1 aromatic heterocycles. The summed E-state index contributed by atoms with van der Waals surface area (Å²) in [6.07, 6.45) is 2.43. The molecule has 2 aliphatic rings. The monoisotopic (exact) mass is 282 g/mol. The van der Waals surface area contributed by atoms with Crippen LogP contribution in [-0.4, -0.2) is 47.0 Å². The Bertz CT molecular complexity index is 511. The third-order valence-electron chi connectivity index (χ3n) is 3.89. The molecule has 6 nitrogen and oxygen atoms in total. The number of rotatable bonds is 2. The number of fused-ring (bicyclic) bond motifs is 1. The van der Waals surface area contributed by atoms with Gasteiger partial charge in [-0.1, -0.05) is 11.6 Å². The first kappa shape index (κ1) is 12.6. The molecule has 7 heteroatoms. The molecule has 2 saturated heterocycles. The zero-order chi connectivity index (χ0) is 13.4. The first-order chi connectivity index (χ1) is 9.13. The Balaban J connectivity index is 1.83. The Morgan fingerprint density at radius 2 is 2.21 bits per heavy atom. The molecule has 0 radical (unpaired) electrons. The van der Waals surface area contributed by atoms with Crippen LogP contribution in [0.5, 0.6) is 0 Å². The molecule has 1 aromatic rings. The molecular weight excluding hydrogens is 268 g/mol. The van der Waals surface area contributed by atoms with Gasteiger partial charge < -0.3 is 4.90 Å². The van der Waals surface area contributed by atoms with Crippen LogP contribution in [0.15, 0.2) is 12.1 Å². The minimum Gasteiger partial charge on any atom is -0.354 e. The molecule has 0 N–H and O–H groups in total. The maximum absolute atomic E-state index is 10.9. The predicted molar refractivity (Wildman–Crippen MR) is 72.7 cm³/mol. The van der Waals surface area contributed by atoms with E-state index >= 15 is 0 Å². The van der Waals surface area contributed by atoms with Crippen molar-refractivity contribution in [3.05, 3.63) is 27.4 Å². The second kappa shape index (κ2) is 4.94. The summed E-state index contributed by atoms with van der Waals surface area (Å²) >= 11 is 5.87. The van der Waals surface area contributed by atoms with Crippen molar-refractivity contribution in [2.45, 2.75) is 18.9 Å². The molecule has 2 fully saturated rings. The van der Waals surface area contributed by atoms with Crippen LogP contribution in [0, 0.1) is 10.1 Å². The zero-order valence-corrected chi connectivity index (χ0v) is 11.2. The fourth-order valence-electron chi connectivity index (χ4n) is 2.94. The second-order valence-corrected chi connectivity index (χ2v) is 5.43. The average molecular weight is 283 g/mol. The summed E-state index contributed by atoms with van der Waals surface area (Å²) in [5.41, 5.74) is 0.00357. The SMILES string of the molecule is O=[N+]([O-])c1cc(Cl)nc(N2CCN3CCCC3C2)c1. The van der Waals surface area contributed by atoms with Crippen molar-refractivity contribution < 1.29 is 4.92 Å². The summed E-state index contributed by atoms with van der Waals surface area (Å²) < 4.78 is 0. The van der Waals surface area contributed by atoms with E-state index in [4.69, 9.17) is 11.6 Å². The lowest BCUT2D eigenvalue weighted by Crippen LogP contribution is -2.50. The lowest BCUT2D eigenvalue weighted by Gasteiger charge is -2.38. The van der Waals surface area contributed by atoms with Gasteiger partial charge in [0, 0.05) is 25.7 Å². The number of piperazine rings is 1. The van der Waals surface area contributed by atoms with E-state index in [0.717, 1.165) is 19.6 Å². The highest BCUT2D eigenvalue weighted by molar-refractivity contribution is 6.29. The maximum Gasteiger partial charge on any atom is 0.276 e. The number of aromatic nitrogens is 1. The standard InChI is InChI=1S/C12H15ClN4O2/c13-11-6-10(17(18)19)7-12(14-11)16-5-4-15-3-1-2-9(15)8-16/h6-7,9H,1-5,8H2. The molecule has 0 aromatic carbocycles. The van der Waals surface area contributed by atoms with E-state index in [1.165, 1.54) is 31.5 Å². The summed E-state index contributed by atoms with van der Waals surface area (Å²) in [5.74, 6) is 0.616. The molecule has 2 aliphatic heterocycles. The van der Waals surface area contributed by atoms with Gasteiger partial charge in [0.05, 0.1) is 17.1 Å². The predicted octanol–water partition coefficient (Wildman–Crippen LogP) is 1.93. The van der Waals surface area contributed by atoms with E-state index in [-0.39, 0.29) is 10.8 Å². The lowest BCUT2D eigenvalue weighted by atomic mass is 10.1. The number of halogens is 1. The van der Waals surface area contributed by atoms with Gasteiger partial charge in [0.25, 0.3) is 5.69 Å². The first-order valence-electron chi connectivity index (χ1n) is 6.44. The van der Waals surface area contributed by atoms with Crippen molar-refractivity contribution in [2.24, 2.45) is 0 Å². The fourth-order valence-corrected chi connectivity index (χ4v) is 3.13. The van der Waals surface area contributed by atoms with Crippen LogP contribution in [0.3, 0.4) is 0 Å². The molecule has 102 valence electrons. The van der Waals surface area contributed by atoms with Crippen molar-refractivity contribution in [1.29, 1.82) is 0 Å². The average Bonchev–Trinajstić information content (AvgIpc) is 2.85. The number of hydrogen-bond donors (Lipinski definition) is 0. The van der Waals surface area contributed by atoms with Crippen LogP contribution in [-0.2, 0) is 0 Å². The summed E-state index contributed by atoms with van der Waals surface area (Å²) in [7, 11) is 0. The third kappa shape index (κ3) is 2.50. The summed E-state index contributed by atoms with van der Waals surface area (Å²) in [5, 5.41) is 11.0. The number of nitro groups is 1. The Morgan fingerprint density at radius 3 is 3.00 bits per heavy atom. The van der Waals surface area contributed by atoms with Crippen LogP contribution < -0.4 is 4.90 Å². The molecular formula is C12H15ClN4O2. The van der Waals surface area contributed by atoms with Crippen LogP contribution in [0.4, 0.5) is 11.5 Å². The molecule has 3 rings (SSSR count). The molecule has 1 unspecified atom stereocenters. The van der Waals surface area contributed by atoms with Gasteiger partial charge in [0.1, 0.15) is 11.0 Å². The summed E-state index contributed by atoms with van der Waals surface area (Å²) in [4.78, 5) is 19.2. The first-order valence-corrected chi connectivity index (χ1v) is 6.82. The minimum atomic E-state index is -0.428. The minimum absolute atomic E-state index is 0.00357. The van der Waals surface area contributed by atoms with Gasteiger partial charge in [-0.25, -0.2) is 4.98 Å². The van der Waals surface area contributed by atoms with Crippen molar-refractivity contribution in [1.82, 2.24) is 9.88 Å². The van der Waals surface area contributed by atoms with E-state index in [1.807, 2.05) is 0 Å². The largest absolute Gasteiger partial charge is 0.354 e. The number of anilines is 1. The Morgan fingerprint density at radius 1 is 1.37 bits per heavy atom. The number of hydrogen-bond acceptors (Lipinski definition) is 5. The summed E-state index contributed by atoms with van der Waals surface area (Å²) in [6.45, 7) is 3.89. The number of nitrogens with zero attached hydrogens (tertiary/aromatic N) is 4. The molecule has 0 saturated carbocycles. The molecule has 0 aliphatic carbocycles. The number of pyridine rings is 1. The molecule has 0 amide bonds. The highest BCUT2D eigenvalue weighted by atomic mass is 35.5. The van der Waals surface area contributed by atoms with Crippen LogP contribution >= 0.6 is 11.6 Å². The van der Waals surface area contributed by atoms with E-state index in [2.05, 4.69) is 14.8 Å². The van der Waals surface area contributed by atoms with Crippen LogP contribution in [0.2, 0.25) is 5.15 Å². The smallest absolute Gasteiger partial charge is 0.276 e. The molecule has 0 spiro atoms. The van der Waals surface area contributed by atoms with Gasteiger partial charge >= 0.3 is 0 Å². The Kier molecular flexibility index (Phi) is 3.28. The van der Waals surface area contributed by atoms with Crippen LogP contribution in [0.25, 0.3) is 0 Å². The normalized spacial score (nSPS) is 23.4. The second-order valence-electron chi connectivity index (χ2n) is 5.04. The third-order valence-corrected chi connectivity index (χ3v) is 4.08. The zero-order valence-electron chi connectivity index (χ0n) is 10.5. The van der Waals surface area contributed by atoms with E-state index < -0.39 is 4.92 Å². The van der Waals surface area contributed by atoms with Crippen LogP contribution in [0.1, 0.15) is 12.8 Å². The Hall–Kier alpha value is -1.40. The van der Waals surface area contributed by atoms with Gasteiger partial charge in [0.2, 0.25) is 0 Å². The van der Waals surface area contributed by atoms with Gasteiger partial charge in [-0.05, 0) is 19.4 Å². The van der Waals surface area contributed by atoms with Crippen molar-refractivity contribution in [3.8, 4) is 0 Å². The fraction of sp³-hybridized carbons (Fsp3) is 0.583. The quantitative estimate of drug-likeness (QED) is 0.471. The molecule has 3 heterocycles. The van der Waals surface area contributed by atoms with Gasteiger partial charge in [-0.2, -0.15) is 0 Å². The van der Waals surface area contributed by atoms with E-state index in [9.17, 15) is 10.1 Å². The summed E-state index contributed by atoms with van der Waals surface area (Å²) in [6, 6.07) is 3.35. The van der Waals surface area contributed by atoms with Gasteiger partial charge in [-0.3, -0.25) is 15.0 Å². The van der Waals surface area contributed by atoms with Crippen molar-refractivity contribution in [3.63, 3.8) is 0 Å². The molecule has 19 heavy (non-hydrogen) atoms. The van der Waals surface area contributed by atoms with Crippen molar-refractivity contribution >= 4 is 23.1 Å². The molecule has 1 atom stereocenters. The van der Waals surface area contributed by atoms with Crippen molar-refractivity contribution in [2.75, 3.05) is 31.1 Å². The topological polar surface area (TPSA) is 62.5 Å². The Labute approximate surface area is 116 Å². The van der Waals surface area contributed by atoms with E-state index in [0.29, 0.717) is 11.9 Å². The van der Waals surface area contributed by atoms with Gasteiger partial charge in [0.15, 0.2) is 0 Å². The van der Waals surface area contributed by atoms with E-state index in [1.54, 1.807) is 0 Å². The highest BCUT2D eigenvalue weighted by Crippen LogP contribution is 2.27. The lowest BCUT2D eigenvalue weighted by molar-refractivity contribution is -0.384. The highest BCUT2D eigenvalue weighted by Gasteiger charge is 2.31.